The molecule has 2 aliphatic rings. The van der Waals surface area contributed by atoms with Gasteiger partial charge in [0.05, 0.1) is 28.4 Å². The lowest BCUT2D eigenvalue weighted by Crippen LogP contribution is -2.29. The number of ether oxygens (including phenoxy) is 2. The van der Waals surface area contributed by atoms with E-state index < -0.39 is 17.7 Å². The van der Waals surface area contributed by atoms with Gasteiger partial charge in [-0.05, 0) is 79.4 Å². The molecule has 4 aromatic rings. The maximum Gasteiger partial charge on any atom is 0.301 e. The first-order valence-corrected chi connectivity index (χ1v) is 14.9. The molecule has 8 heteroatoms. The minimum atomic E-state index is -0.853. The molecule has 3 aromatic carbocycles. The van der Waals surface area contributed by atoms with Crippen molar-refractivity contribution in [3.05, 3.63) is 88.5 Å². The van der Waals surface area contributed by atoms with Gasteiger partial charge in [0.2, 0.25) is 0 Å². The van der Waals surface area contributed by atoms with E-state index in [1.807, 2.05) is 62.4 Å². The molecule has 2 aliphatic heterocycles. The lowest BCUT2D eigenvalue weighted by Gasteiger charge is -2.23. The molecule has 0 bridgehead atoms. The van der Waals surface area contributed by atoms with Crippen LogP contribution in [0.1, 0.15) is 61.4 Å². The first kappa shape index (κ1) is 27.0. The number of benzene rings is 3. The highest BCUT2D eigenvalue weighted by Gasteiger charge is 2.48. The molecule has 0 saturated carbocycles. The maximum atomic E-state index is 13.6. The molecule has 1 N–H and O–H groups in total. The van der Waals surface area contributed by atoms with Crippen LogP contribution in [-0.4, -0.2) is 34.5 Å². The predicted octanol–water partition coefficient (Wildman–Crippen LogP) is 7.12. The first-order chi connectivity index (χ1) is 19.8. The number of nitrogens with zero attached hydrogens (tertiary/aromatic N) is 2. The van der Waals surface area contributed by atoms with E-state index in [0.29, 0.717) is 35.0 Å². The number of rotatable bonds is 8. The van der Waals surface area contributed by atoms with E-state index >= 15 is 0 Å². The van der Waals surface area contributed by atoms with Gasteiger partial charge in [0, 0.05) is 12.0 Å². The third-order valence-electron chi connectivity index (χ3n) is 7.57. The number of aryl methyl sites for hydroxylation is 1. The van der Waals surface area contributed by atoms with Crippen molar-refractivity contribution in [1.29, 1.82) is 0 Å². The van der Waals surface area contributed by atoms with Crippen molar-refractivity contribution in [2.45, 2.75) is 58.6 Å². The van der Waals surface area contributed by atoms with Gasteiger partial charge in [-0.25, -0.2) is 4.98 Å². The third-order valence-corrected chi connectivity index (χ3v) is 8.58. The lowest BCUT2D eigenvalue weighted by atomic mass is 9.94. The topological polar surface area (TPSA) is 89.0 Å². The number of thiazole rings is 1. The molecule has 3 heterocycles. The van der Waals surface area contributed by atoms with E-state index in [4.69, 9.17) is 14.5 Å². The van der Waals surface area contributed by atoms with Crippen LogP contribution in [0.2, 0.25) is 0 Å². The zero-order valence-corrected chi connectivity index (χ0v) is 24.2. The Labute approximate surface area is 243 Å². The molecule has 0 spiro atoms. The number of hydrogen-bond acceptors (Lipinski definition) is 7. The summed E-state index contributed by atoms with van der Waals surface area (Å²) in [5.41, 5.74) is 3.98. The number of hydrogen-bond donors (Lipinski definition) is 1. The number of fused-ring (bicyclic) bond motifs is 2. The Hall–Kier alpha value is -4.17. The van der Waals surface area contributed by atoms with Crippen LogP contribution in [-0.2, 0) is 16.0 Å². The molecule has 210 valence electrons. The van der Waals surface area contributed by atoms with Crippen molar-refractivity contribution in [3.8, 4) is 11.5 Å². The van der Waals surface area contributed by atoms with E-state index in [1.165, 1.54) is 16.2 Å². The predicted molar refractivity (Wildman–Crippen MR) is 161 cm³/mol. The highest BCUT2D eigenvalue weighted by atomic mass is 32.1. The second kappa shape index (κ2) is 11.0. The molecule has 0 radical (unpaired) electrons. The quantitative estimate of drug-likeness (QED) is 0.105. The SMILES string of the molecule is CCCCCOc1ccc([C@@H]2C(=C(O)c3ccc4c(c3)C[C@H](C)O4)C(=O)C(=O)N2c2nc3ccc(C)cc3s2)cc1. The molecule has 1 saturated heterocycles. The van der Waals surface area contributed by atoms with Crippen LogP contribution >= 0.6 is 11.3 Å². The van der Waals surface area contributed by atoms with Gasteiger partial charge < -0.3 is 14.6 Å². The van der Waals surface area contributed by atoms with Crippen LogP contribution < -0.4 is 14.4 Å². The Kier molecular flexibility index (Phi) is 7.26. The Morgan fingerprint density at radius 3 is 2.68 bits per heavy atom. The Morgan fingerprint density at radius 2 is 1.90 bits per heavy atom. The summed E-state index contributed by atoms with van der Waals surface area (Å²) in [5, 5.41) is 12.0. The molecule has 1 fully saturated rings. The van der Waals surface area contributed by atoms with E-state index in [1.54, 1.807) is 12.1 Å². The normalized spacial score (nSPS) is 19.5. The summed E-state index contributed by atoms with van der Waals surface area (Å²) in [7, 11) is 0. The Bertz CT molecular complexity index is 1670. The summed E-state index contributed by atoms with van der Waals surface area (Å²) in [4.78, 5) is 33.4. The van der Waals surface area contributed by atoms with E-state index in [0.717, 1.165) is 46.4 Å². The Morgan fingerprint density at radius 1 is 1.10 bits per heavy atom. The van der Waals surface area contributed by atoms with Crippen LogP contribution in [0, 0.1) is 6.92 Å². The molecular formula is C33H32N2O5S. The van der Waals surface area contributed by atoms with Crippen molar-refractivity contribution >= 4 is 44.1 Å². The fraction of sp³-hybridized carbons (Fsp3) is 0.303. The van der Waals surface area contributed by atoms with E-state index in [-0.39, 0.29) is 17.4 Å². The standard InChI is InChI=1S/C33H32N2O5S/c1-4-5-6-15-39-24-11-8-21(9-12-24)29-28(30(36)22-10-14-26-23(18-22)17-20(3)40-26)31(37)32(38)35(29)33-34-25-13-7-19(2)16-27(25)41-33/h7-14,16,18,20,29,36H,4-6,15,17H2,1-3H3/t20-,29+/m0/s1. The number of carbonyl (C=O) groups excluding carboxylic acids is 2. The van der Waals surface area contributed by atoms with Gasteiger partial charge in [0.1, 0.15) is 23.4 Å². The minimum absolute atomic E-state index is 0.0361. The lowest BCUT2D eigenvalue weighted by molar-refractivity contribution is -0.132. The molecule has 2 atom stereocenters. The minimum Gasteiger partial charge on any atom is -0.507 e. The first-order valence-electron chi connectivity index (χ1n) is 14.0. The van der Waals surface area contributed by atoms with Crippen molar-refractivity contribution in [2.24, 2.45) is 0 Å². The van der Waals surface area contributed by atoms with Gasteiger partial charge >= 0.3 is 5.91 Å². The number of aromatic nitrogens is 1. The van der Waals surface area contributed by atoms with Gasteiger partial charge in [-0.3, -0.25) is 14.5 Å². The van der Waals surface area contributed by atoms with E-state index in [9.17, 15) is 14.7 Å². The van der Waals surface area contributed by atoms with Gasteiger partial charge in [0.15, 0.2) is 5.13 Å². The summed E-state index contributed by atoms with van der Waals surface area (Å²) < 4.78 is 12.6. The number of aliphatic hydroxyl groups is 1. The number of carbonyl (C=O) groups is 2. The number of Topliss-reactive ketones (excluding diaryl/α,β-unsaturated/α-hetero) is 1. The van der Waals surface area contributed by atoms with Crippen molar-refractivity contribution in [2.75, 3.05) is 11.5 Å². The molecular weight excluding hydrogens is 536 g/mol. The van der Waals surface area contributed by atoms with Crippen molar-refractivity contribution in [1.82, 2.24) is 4.98 Å². The summed E-state index contributed by atoms with van der Waals surface area (Å²) in [5.74, 6) is -0.191. The molecule has 6 rings (SSSR count). The monoisotopic (exact) mass is 568 g/mol. The van der Waals surface area contributed by atoms with E-state index in [2.05, 4.69) is 6.92 Å². The van der Waals surface area contributed by atoms with Crippen LogP contribution in [0.4, 0.5) is 5.13 Å². The second-order valence-electron chi connectivity index (χ2n) is 10.7. The smallest absolute Gasteiger partial charge is 0.301 e. The summed E-state index contributed by atoms with van der Waals surface area (Å²) in [6.07, 6.45) is 3.93. The molecule has 0 aliphatic carbocycles. The zero-order chi connectivity index (χ0) is 28.7. The number of anilines is 1. The molecule has 0 unspecified atom stereocenters. The number of aliphatic hydroxyl groups excluding tert-OH is 1. The molecule has 1 amide bonds. The molecule has 1 aromatic heterocycles. The highest BCUT2D eigenvalue weighted by Crippen LogP contribution is 2.45. The summed E-state index contributed by atoms with van der Waals surface area (Å²) >= 11 is 1.35. The number of amides is 1. The van der Waals surface area contributed by atoms with Crippen LogP contribution in [0.5, 0.6) is 11.5 Å². The third kappa shape index (κ3) is 5.08. The average Bonchev–Trinajstić information content (AvgIpc) is 3.63. The van der Waals surface area contributed by atoms with Gasteiger partial charge in [-0.1, -0.05) is 49.3 Å². The van der Waals surface area contributed by atoms with Crippen LogP contribution in [0.25, 0.3) is 16.0 Å². The molecule has 7 nitrogen and oxygen atoms in total. The zero-order valence-electron chi connectivity index (χ0n) is 23.3. The number of ketones is 1. The maximum absolute atomic E-state index is 13.6. The van der Waals surface area contributed by atoms with Crippen molar-refractivity contribution < 1.29 is 24.2 Å². The largest absolute Gasteiger partial charge is 0.507 e. The summed E-state index contributed by atoms with van der Waals surface area (Å²) in [6.45, 7) is 6.76. The fourth-order valence-corrected chi connectivity index (χ4v) is 6.57. The van der Waals surface area contributed by atoms with Gasteiger partial charge in [0.25, 0.3) is 5.78 Å². The number of unbranched alkanes of at least 4 members (excludes halogenated alkanes) is 2. The van der Waals surface area contributed by atoms with Gasteiger partial charge in [-0.15, -0.1) is 0 Å². The van der Waals surface area contributed by atoms with Crippen molar-refractivity contribution in [3.63, 3.8) is 0 Å². The summed E-state index contributed by atoms with van der Waals surface area (Å²) in [6, 6.07) is 17.8. The Balaban J connectivity index is 1.44. The average molecular weight is 569 g/mol. The van der Waals surface area contributed by atoms with Gasteiger partial charge in [-0.2, -0.15) is 0 Å². The van der Waals surface area contributed by atoms with Crippen LogP contribution in [0.3, 0.4) is 0 Å². The fourth-order valence-electron chi connectivity index (χ4n) is 5.48. The van der Waals surface area contributed by atoms with Crippen LogP contribution in [0.15, 0.2) is 66.2 Å². The molecule has 41 heavy (non-hydrogen) atoms. The second-order valence-corrected chi connectivity index (χ2v) is 11.7. The highest BCUT2D eigenvalue weighted by molar-refractivity contribution is 7.22.